The second kappa shape index (κ2) is 7.70. The van der Waals surface area contributed by atoms with Crippen LogP contribution < -0.4 is 0 Å². The van der Waals surface area contributed by atoms with Crippen LogP contribution in [0.25, 0.3) is 0 Å². The Morgan fingerprint density at radius 3 is 2.33 bits per heavy atom. The van der Waals surface area contributed by atoms with Crippen LogP contribution in [-0.4, -0.2) is 59.0 Å². The van der Waals surface area contributed by atoms with Crippen molar-refractivity contribution in [2.75, 3.05) is 26.2 Å². The molecule has 0 aliphatic carbocycles. The monoisotopic (exact) mass is 340 g/mol. The number of carbonyl (C=O) groups is 2. The number of hydrogen-bond acceptors (Lipinski definition) is 3. The minimum absolute atomic E-state index is 0.000461. The second-order valence-corrected chi connectivity index (χ2v) is 5.92. The molecule has 1 aromatic rings. The van der Waals surface area contributed by atoms with Crippen LogP contribution >= 0.6 is 0 Å². The molecule has 0 saturated carbocycles. The molecular weight excluding hydrogens is 318 g/mol. The molecule has 1 amide bonds. The van der Waals surface area contributed by atoms with Crippen LogP contribution in [-0.2, 0) is 15.5 Å². The number of likely N-dealkylation sites (tertiary alicyclic amines) is 1. The standard InChI is InChI=1S/C17H22F2N2O3/c1-2-20(12-15(22)23)14-8-10-21(11-9-14)16(24)17(18,19)13-6-4-3-5-7-13/h3-7,14H,2,8-12H2,1H3,(H,22,23). The Morgan fingerprint density at radius 2 is 1.83 bits per heavy atom. The van der Waals surface area contributed by atoms with Crippen LogP contribution in [0, 0.1) is 0 Å². The van der Waals surface area contributed by atoms with Crippen molar-refractivity contribution in [2.24, 2.45) is 0 Å². The van der Waals surface area contributed by atoms with Gasteiger partial charge in [0.1, 0.15) is 0 Å². The topological polar surface area (TPSA) is 60.9 Å². The number of carbonyl (C=O) groups excluding carboxylic acids is 1. The predicted octanol–water partition coefficient (Wildman–Crippen LogP) is 2.18. The van der Waals surface area contributed by atoms with E-state index in [0.717, 1.165) is 0 Å². The van der Waals surface area contributed by atoms with E-state index in [0.29, 0.717) is 19.4 Å². The number of hydrogen-bond donors (Lipinski definition) is 1. The summed E-state index contributed by atoms with van der Waals surface area (Å²) in [5.74, 6) is -5.64. The van der Waals surface area contributed by atoms with Crippen molar-refractivity contribution in [3.63, 3.8) is 0 Å². The number of benzene rings is 1. The molecule has 1 fully saturated rings. The van der Waals surface area contributed by atoms with Gasteiger partial charge in [0.25, 0.3) is 5.91 Å². The highest BCUT2D eigenvalue weighted by Crippen LogP contribution is 2.31. The van der Waals surface area contributed by atoms with Gasteiger partial charge in [-0.1, -0.05) is 37.3 Å². The normalized spacial score (nSPS) is 16.4. The lowest BCUT2D eigenvalue weighted by Gasteiger charge is -2.38. The molecule has 7 heteroatoms. The van der Waals surface area contributed by atoms with Gasteiger partial charge in [0.2, 0.25) is 0 Å². The summed E-state index contributed by atoms with van der Waals surface area (Å²) in [6.07, 6.45) is 0.995. The molecular formula is C17H22F2N2O3. The lowest BCUT2D eigenvalue weighted by Crippen LogP contribution is -2.51. The number of nitrogens with zero attached hydrogens (tertiary/aromatic N) is 2. The van der Waals surface area contributed by atoms with Crippen LogP contribution in [0.2, 0.25) is 0 Å². The summed E-state index contributed by atoms with van der Waals surface area (Å²) < 4.78 is 28.7. The molecule has 24 heavy (non-hydrogen) atoms. The average molecular weight is 340 g/mol. The fraction of sp³-hybridized carbons (Fsp3) is 0.529. The lowest BCUT2D eigenvalue weighted by atomic mass is 10.0. The molecule has 2 rings (SSSR count). The molecule has 1 saturated heterocycles. The molecule has 0 spiro atoms. The number of halogens is 2. The average Bonchev–Trinajstić information content (AvgIpc) is 2.59. The number of alkyl halides is 2. The number of carboxylic acids is 1. The van der Waals surface area contributed by atoms with E-state index in [1.807, 2.05) is 6.92 Å². The highest BCUT2D eigenvalue weighted by molar-refractivity contribution is 5.85. The van der Waals surface area contributed by atoms with Crippen LogP contribution in [0.1, 0.15) is 25.3 Å². The summed E-state index contributed by atoms with van der Waals surface area (Å²) in [5.41, 5.74) is -0.307. The minimum atomic E-state index is -3.54. The van der Waals surface area contributed by atoms with Crippen LogP contribution in [0.15, 0.2) is 30.3 Å². The molecule has 1 N–H and O–H groups in total. The van der Waals surface area contributed by atoms with Gasteiger partial charge in [0, 0.05) is 24.7 Å². The first-order valence-corrected chi connectivity index (χ1v) is 8.04. The van der Waals surface area contributed by atoms with Gasteiger partial charge in [-0.2, -0.15) is 8.78 Å². The van der Waals surface area contributed by atoms with Crippen molar-refractivity contribution in [3.05, 3.63) is 35.9 Å². The van der Waals surface area contributed by atoms with Crippen LogP contribution in [0.5, 0.6) is 0 Å². The maximum Gasteiger partial charge on any atom is 0.349 e. The van der Waals surface area contributed by atoms with E-state index in [2.05, 4.69) is 0 Å². The zero-order valence-electron chi connectivity index (χ0n) is 13.6. The number of amides is 1. The van der Waals surface area contributed by atoms with Gasteiger partial charge in [-0.3, -0.25) is 14.5 Å². The molecule has 1 heterocycles. The van der Waals surface area contributed by atoms with Gasteiger partial charge < -0.3 is 10.0 Å². The predicted molar refractivity (Wildman–Crippen MR) is 84.8 cm³/mol. The third-order valence-electron chi connectivity index (χ3n) is 4.42. The van der Waals surface area contributed by atoms with E-state index in [-0.39, 0.29) is 31.2 Å². The zero-order chi connectivity index (χ0) is 17.7. The third kappa shape index (κ3) is 4.08. The maximum absolute atomic E-state index is 14.3. The molecule has 1 aliphatic rings. The Morgan fingerprint density at radius 1 is 1.25 bits per heavy atom. The van der Waals surface area contributed by atoms with Crippen molar-refractivity contribution >= 4 is 11.9 Å². The number of rotatable bonds is 6. The van der Waals surface area contributed by atoms with Gasteiger partial charge in [-0.05, 0) is 19.4 Å². The number of piperidine rings is 1. The van der Waals surface area contributed by atoms with Gasteiger partial charge in [0.15, 0.2) is 0 Å². The first kappa shape index (κ1) is 18.3. The van der Waals surface area contributed by atoms with E-state index < -0.39 is 17.8 Å². The fourth-order valence-electron chi connectivity index (χ4n) is 3.08. The van der Waals surface area contributed by atoms with Crippen molar-refractivity contribution in [3.8, 4) is 0 Å². The number of carboxylic acid groups (broad SMARTS) is 1. The van der Waals surface area contributed by atoms with E-state index in [1.54, 1.807) is 11.0 Å². The lowest BCUT2D eigenvalue weighted by molar-refractivity contribution is -0.161. The van der Waals surface area contributed by atoms with E-state index in [4.69, 9.17) is 5.11 Å². The highest BCUT2D eigenvalue weighted by atomic mass is 19.3. The van der Waals surface area contributed by atoms with Gasteiger partial charge >= 0.3 is 11.9 Å². The van der Waals surface area contributed by atoms with Crippen LogP contribution in [0.3, 0.4) is 0 Å². The summed E-state index contributed by atoms with van der Waals surface area (Å²) >= 11 is 0. The van der Waals surface area contributed by atoms with Gasteiger partial charge in [0.05, 0.1) is 6.54 Å². The summed E-state index contributed by atoms with van der Waals surface area (Å²) in [6, 6.07) is 7.08. The summed E-state index contributed by atoms with van der Waals surface area (Å²) in [5, 5.41) is 8.91. The summed E-state index contributed by atoms with van der Waals surface area (Å²) in [4.78, 5) is 26.1. The Bertz CT molecular complexity index is 572. The van der Waals surface area contributed by atoms with Crippen molar-refractivity contribution in [1.82, 2.24) is 9.80 Å². The Hall–Kier alpha value is -2.02. The van der Waals surface area contributed by atoms with Gasteiger partial charge in [-0.15, -0.1) is 0 Å². The fourth-order valence-corrected chi connectivity index (χ4v) is 3.08. The van der Waals surface area contributed by atoms with Gasteiger partial charge in [-0.25, -0.2) is 0 Å². The largest absolute Gasteiger partial charge is 0.480 e. The van der Waals surface area contributed by atoms with Crippen molar-refractivity contribution < 1.29 is 23.5 Å². The Balaban J connectivity index is 1.99. The molecule has 1 aliphatic heterocycles. The molecule has 0 radical (unpaired) electrons. The molecule has 0 atom stereocenters. The number of likely N-dealkylation sites (N-methyl/N-ethyl adjacent to an activating group) is 1. The van der Waals surface area contributed by atoms with E-state index in [1.165, 1.54) is 29.2 Å². The Labute approximate surface area is 139 Å². The third-order valence-corrected chi connectivity index (χ3v) is 4.42. The van der Waals surface area contributed by atoms with Crippen molar-refractivity contribution in [2.45, 2.75) is 31.7 Å². The molecule has 132 valence electrons. The smallest absolute Gasteiger partial charge is 0.349 e. The molecule has 0 bridgehead atoms. The molecule has 0 unspecified atom stereocenters. The SMILES string of the molecule is CCN(CC(=O)O)C1CCN(C(=O)C(F)(F)c2ccccc2)CC1. The highest BCUT2D eigenvalue weighted by Gasteiger charge is 2.44. The summed E-state index contributed by atoms with van der Waals surface area (Å²) in [7, 11) is 0. The number of aliphatic carboxylic acids is 1. The summed E-state index contributed by atoms with van der Waals surface area (Å²) in [6.45, 7) is 2.79. The molecule has 5 nitrogen and oxygen atoms in total. The zero-order valence-corrected chi connectivity index (χ0v) is 13.6. The first-order chi connectivity index (χ1) is 11.4. The maximum atomic E-state index is 14.3. The molecule has 1 aromatic carbocycles. The van der Waals surface area contributed by atoms with Crippen molar-refractivity contribution in [1.29, 1.82) is 0 Å². The van der Waals surface area contributed by atoms with E-state index >= 15 is 0 Å². The van der Waals surface area contributed by atoms with Crippen LogP contribution in [0.4, 0.5) is 8.78 Å². The quantitative estimate of drug-likeness (QED) is 0.862. The Kier molecular flexibility index (Phi) is 5.88. The molecule has 0 aromatic heterocycles. The van der Waals surface area contributed by atoms with E-state index in [9.17, 15) is 18.4 Å². The first-order valence-electron chi connectivity index (χ1n) is 8.04. The second-order valence-electron chi connectivity index (χ2n) is 5.92. The minimum Gasteiger partial charge on any atom is -0.480 e.